The molecule has 0 amide bonds. The van der Waals surface area contributed by atoms with Crippen molar-refractivity contribution in [2.45, 2.75) is 6.61 Å². The van der Waals surface area contributed by atoms with E-state index in [0.29, 0.717) is 17.1 Å². The van der Waals surface area contributed by atoms with E-state index in [4.69, 9.17) is 21.1 Å². The largest absolute Gasteiger partial charge is 0.496 e. The Kier molecular flexibility index (Phi) is 6.91. The van der Waals surface area contributed by atoms with Gasteiger partial charge >= 0.3 is 0 Å². The molecule has 0 saturated carbocycles. The van der Waals surface area contributed by atoms with Crippen LogP contribution in [0.2, 0.25) is 5.02 Å². The maximum absolute atomic E-state index is 13.3. The lowest BCUT2D eigenvalue weighted by molar-refractivity contribution is 0.104. The Morgan fingerprint density at radius 3 is 2.55 bits per heavy atom. The van der Waals surface area contributed by atoms with Gasteiger partial charge in [-0.15, -0.1) is 0 Å². The van der Waals surface area contributed by atoms with Gasteiger partial charge in [-0.3, -0.25) is 4.79 Å². The van der Waals surface area contributed by atoms with E-state index in [2.05, 4.69) is 0 Å². The van der Waals surface area contributed by atoms with Gasteiger partial charge in [0.15, 0.2) is 5.78 Å². The van der Waals surface area contributed by atoms with Crippen LogP contribution in [-0.4, -0.2) is 17.5 Å². The molecule has 0 bridgehead atoms. The van der Waals surface area contributed by atoms with Crippen molar-refractivity contribution in [1.29, 1.82) is 0 Å². The van der Waals surface area contributed by atoms with E-state index in [1.165, 1.54) is 24.3 Å². The highest BCUT2D eigenvalue weighted by molar-refractivity contribution is 6.32. The first-order valence-corrected chi connectivity index (χ1v) is 10.6. The smallest absolute Gasteiger partial charge is 0.185 e. The van der Waals surface area contributed by atoms with Crippen molar-refractivity contribution in [1.82, 2.24) is 4.57 Å². The minimum absolute atomic E-state index is 0.101. The quantitative estimate of drug-likeness (QED) is 0.215. The van der Waals surface area contributed by atoms with Crippen LogP contribution < -0.4 is 9.47 Å². The van der Waals surface area contributed by atoms with E-state index in [-0.39, 0.29) is 17.4 Å². The Labute approximate surface area is 196 Å². The zero-order valence-corrected chi connectivity index (χ0v) is 18.6. The zero-order valence-electron chi connectivity index (χ0n) is 17.9. The number of rotatable bonds is 8. The fraction of sp³-hybridized carbons (Fsp3) is 0.0741. The van der Waals surface area contributed by atoms with Gasteiger partial charge in [0.25, 0.3) is 0 Å². The molecule has 0 atom stereocenters. The lowest BCUT2D eigenvalue weighted by Gasteiger charge is -2.12. The van der Waals surface area contributed by atoms with Crippen molar-refractivity contribution in [3.63, 3.8) is 0 Å². The second-order valence-electron chi connectivity index (χ2n) is 7.27. The van der Waals surface area contributed by atoms with E-state index in [0.717, 1.165) is 16.8 Å². The number of ether oxygens (including phenoxy) is 2. The summed E-state index contributed by atoms with van der Waals surface area (Å²) in [7, 11) is 1.57. The van der Waals surface area contributed by atoms with Gasteiger partial charge in [-0.2, -0.15) is 0 Å². The first-order valence-electron chi connectivity index (χ1n) is 10.2. The third-order valence-electron chi connectivity index (χ3n) is 5.04. The lowest BCUT2D eigenvalue weighted by atomic mass is 10.1. The van der Waals surface area contributed by atoms with Gasteiger partial charge in [-0.1, -0.05) is 35.9 Å². The predicted octanol–water partition coefficient (Wildman–Crippen LogP) is 6.75. The van der Waals surface area contributed by atoms with E-state index in [1.807, 2.05) is 65.5 Å². The van der Waals surface area contributed by atoms with E-state index in [9.17, 15) is 9.18 Å². The van der Waals surface area contributed by atoms with Crippen LogP contribution in [0.25, 0.3) is 11.8 Å². The van der Waals surface area contributed by atoms with Gasteiger partial charge < -0.3 is 14.0 Å². The second-order valence-corrected chi connectivity index (χ2v) is 7.68. The van der Waals surface area contributed by atoms with Gasteiger partial charge in [-0.25, -0.2) is 4.39 Å². The van der Waals surface area contributed by atoms with Gasteiger partial charge in [0, 0.05) is 29.2 Å². The van der Waals surface area contributed by atoms with Crippen molar-refractivity contribution < 1.29 is 18.7 Å². The summed E-state index contributed by atoms with van der Waals surface area (Å²) >= 11 is 6.04. The van der Waals surface area contributed by atoms with Gasteiger partial charge in [0.1, 0.15) is 23.9 Å². The molecule has 0 aliphatic heterocycles. The average Bonchev–Trinajstić information content (AvgIpc) is 3.37. The number of carbonyl (C=O) groups excluding carboxylic acids is 1. The molecule has 0 radical (unpaired) electrons. The molecule has 166 valence electrons. The van der Waals surface area contributed by atoms with Gasteiger partial charge in [0.05, 0.1) is 12.1 Å². The Morgan fingerprint density at radius 2 is 1.79 bits per heavy atom. The van der Waals surface area contributed by atoms with Crippen molar-refractivity contribution in [2.24, 2.45) is 0 Å². The first-order chi connectivity index (χ1) is 16.0. The van der Waals surface area contributed by atoms with Crippen LogP contribution in [0.5, 0.6) is 11.5 Å². The van der Waals surface area contributed by atoms with Gasteiger partial charge in [0.2, 0.25) is 0 Å². The molecule has 1 aromatic heterocycles. The normalized spacial score (nSPS) is 11.0. The molecule has 0 aliphatic rings. The van der Waals surface area contributed by atoms with Crippen LogP contribution in [0.4, 0.5) is 4.39 Å². The second kappa shape index (κ2) is 10.2. The highest BCUT2D eigenvalue weighted by Crippen LogP contribution is 2.28. The van der Waals surface area contributed by atoms with E-state index >= 15 is 0 Å². The fourth-order valence-electron chi connectivity index (χ4n) is 3.36. The number of benzene rings is 3. The Hall–Kier alpha value is -3.83. The maximum atomic E-state index is 13.3. The molecule has 0 aliphatic carbocycles. The number of ketones is 1. The van der Waals surface area contributed by atoms with E-state index < -0.39 is 5.82 Å². The SMILES string of the molecule is COc1ccc(/C=C/C(=O)c2cccc(-n3cccc3)c2)cc1COc1ccc(F)cc1Cl. The molecule has 4 aromatic rings. The Morgan fingerprint density at radius 1 is 1.00 bits per heavy atom. The molecule has 0 saturated heterocycles. The molecule has 4 rings (SSSR count). The zero-order chi connectivity index (χ0) is 23.2. The molecule has 4 nitrogen and oxygen atoms in total. The summed E-state index contributed by atoms with van der Waals surface area (Å²) < 4.78 is 26.4. The van der Waals surface area contributed by atoms with Crippen molar-refractivity contribution in [2.75, 3.05) is 7.11 Å². The number of hydrogen-bond acceptors (Lipinski definition) is 3. The summed E-state index contributed by atoms with van der Waals surface area (Å²) in [5, 5.41) is 0.192. The first kappa shape index (κ1) is 22.4. The van der Waals surface area contributed by atoms with Crippen LogP contribution in [0, 0.1) is 5.82 Å². The minimum Gasteiger partial charge on any atom is -0.496 e. The topological polar surface area (TPSA) is 40.5 Å². The summed E-state index contributed by atoms with van der Waals surface area (Å²) in [6.45, 7) is 0.170. The summed E-state index contributed by atoms with van der Waals surface area (Å²) in [6.07, 6.45) is 7.15. The van der Waals surface area contributed by atoms with Crippen LogP contribution in [-0.2, 0) is 6.61 Å². The van der Waals surface area contributed by atoms with Crippen LogP contribution in [0.15, 0.2) is 91.3 Å². The molecule has 3 aromatic carbocycles. The molecule has 0 spiro atoms. The predicted molar refractivity (Wildman–Crippen MR) is 128 cm³/mol. The monoisotopic (exact) mass is 461 g/mol. The molecule has 33 heavy (non-hydrogen) atoms. The molecule has 6 heteroatoms. The Balaban J connectivity index is 1.50. The van der Waals surface area contributed by atoms with Crippen molar-refractivity contribution >= 4 is 23.5 Å². The number of allylic oxidation sites excluding steroid dienone is 1. The number of methoxy groups -OCH3 is 1. The highest BCUT2D eigenvalue weighted by atomic mass is 35.5. The van der Waals surface area contributed by atoms with Crippen LogP contribution >= 0.6 is 11.6 Å². The average molecular weight is 462 g/mol. The summed E-state index contributed by atoms with van der Waals surface area (Å²) in [6, 6.07) is 20.8. The van der Waals surface area contributed by atoms with E-state index in [1.54, 1.807) is 19.3 Å². The number of halogens is 2. The standard InChI is InChI=1S/C27H21ClFNO3/c1-32-26-11-8-19(15-21(26)18-33-27-12-9-22(29)17-24(27)28)7-10-25(31)20-5-4-6-23(16-20)30-13-2-3-14-30/h2-17H,18H2,1H3/b10-7+. The summed E-state index contributed by atoms with van der Waals surface area (Å²) in [5.74, 6) is 0.478. The molecular weight excluding hydrogens is 441 g/mol. The molecule has 0 unspecified atom stereocenters. The third kappa shape index (κ3) is 5.51. The summed E-state index contributed by atoms with van der Waals surface area (Å²) in [4.78, 5) is 12.7. The fourth-order valence-corrected chi connectivity index (χ4v) is 3.58. The highest BCUT2D eigenvalue weighted by Gasteiger charge is 2.09. The number of aromatic nitrogens is 1. The minimum atomic E-state index is -0.430. The molecular formula is C27H21ClFNO3. The van der Waals surface area contributed by atoms with Crippen molar-refractivity contribution in [3.05, 3.63) is 119 Å². The number of carbonyl (C=O) groups is 1. The third-order valence-corrected chi connectivity index (χ3v) is 5.34. The lowest BCUT2D eigenvalue weighted by Crippen LogP contribution is -2.00. The van der Waals surface area contributed by atoms with Crippen LogP contribution in [0.3, 0.4) is 0 Å². The summed E-state index contributed by atoms with van der Waals surface area (Å²) in [5.41, 5.74) is 3.10. The number of nitrogens with zero attached hydrogens (tertiary/aromatic N) is 1. The van der Waals surface area contributed by atoms with Gasteiger partial charge in [-0.05, 0) is 66.2 Å². The molecule has 1 heterocycles. The molecule has 0 fully saturated rings. The Bertz CT molecular complexity index is 1300. The van der Waals surface area contributed by atoms with Crippen LogP contribution in [0.1, 0.15) is 21.5 Å². The maximum Gasteiger partial charge on any atom is 0.185 e. The number of hydrogen-bond donors (Lipinski definition) is 0. The molecule has 0 N–H and O–H groups in total. The van der Waals surface area contributed by atoms with Crippen molar-refractivity contribution in [3.8, 4) is 17.2 Å².